The lowest BCUT2D eigenvalue weighted by Crippen LogP contribution is -2.36. The van der Waals surface area contributed by atoms with Gasteiger partial charge in [0, 0.05) is 32.3 Å². The highest BCUT2D eigenvalue weighted by atomic mass is 32.2. The summed E-state index contributed by atoms with van der Waals surface area (Å²) < 4.78 is 32.7. The van der Waals surface area contributed by atoms with Crippen LogP contribution in [0.25, 0.3) is 0 Å². The fourth-order valence-electron chi connectivity index (χ4n) is 3.09. The molecule has 0 bridgehead atoms. The summed E-state index contributed by atoms with van der Waals surface area (Å²) in [6.07, 6.45) is 4.72. The van der Waals surface area contributed by atoms with Gasteiger partial charge in [-0.25, -0.2) is 13.4 Å². The molecule has 0 aromatic carbocycles. The van der Waals surface area contributed by atoms with Crippen molar-refractivity contribution in [1.82, 2.24) is 14.5 Å². The second-order valence-electron chi connectivity index (χ2n) is 7.72. The summed E-state index contributed by atoms with van der Waals surface area (Å²) in [6.45, 7) is 10.7. The fourth-order valence-corrected chi connectivity index (χ4v) is 4.23. The Bertz CT molecular complexity index is 647. The molecular weight excluding hydrogens is 338 g/mol. The number of sulfone groups is 1. The lowest BCUT2D eigenvalue weighted by Gasteiger charge is -2.31. The Morgan fingerprint density at radius 3 is 2.48 bits per heavy atom. The average Bonchev–Trinajstić information content (AvgIpc) is 2.96. The van der Waals surface area contributed by atoms with Gasteiger partial charge < -0.3 is 9.30 Å². The minimum absolute atomic E-state index is 0.221. The van der Waals surface area contributed by atoms with Crippen molar-refractivity contribution < 1.29 is 13.2 Å². The third-order valence-corrected chi connectivity index (χ3v) is 7.01. The largest absolute Gasteiger partial charge is 0.381 e. The summed E-state index contributed by atoms with van der Waals surface area (Å²) in [7, 11) is -1.28. The first-order chi connectivity index (χ1) is 11.7. The van der Waals surface area contributed by atoms with Crippen LogP contribution in [0, 0.1) is 5.92 Å². The Balaban J connectivity index is 2.25. The molecular formula is C18H33N3O3S. The molecule has 1 saturated heterocycles. The van der Waals surface area contributed by atoms with Gasteiger partial charge in [0.1, 0.15) is 0 Å². The maximum atomic E-state index is 12.7. The minimum Gasteiger partial charge on any atom is -0.381 e. The lowest BCUT2D eigenvalue weighted by atomic mass is 10.1. The molecule has 1 aromatic heterocycles. The Hall–Kier alpha value is -0.920. The molecule has 1 aliphatic heterocycles. The fraction of sp³-hybridized carbons (Fsp3) is 0.833. The molecule has 2 heterocycles. The summed E-state index contributed by atoms with van der Waals surface area (Å²) in [6, 6.07) is 0.479. The molecule has 0 unspecified atom stereocenters. The summed E-state index contributed by atoms with van der Waals surface area (Å²) in [5.74, 6) is 0.512. The standard InChI is InChI=1S/C18H33N3O3S/c1-14(2)6-9-21-17(12-19-18(21)25(22,23)15(3)4)13-20(5)16-7-10-24-11-8-16/h12,14-16H,6-11,13H2,1-5H3. The van der Waals surface area contributed by atoms with Gasteiger partial charge in [-0.2, -0.15) is 0 Å². The minimum atomic E-state index is -3.38. The van der Waals surface area contributed by atoms with E-state index in [1.54, 1.807) is 20.0 Å². The first-order valence-corrected chi connectivity index (χ1v) is 10.8. The van der Waals surface area contributed by atoms with Crippen LogP contribution < -0.4 is 0 Å². The maximum absolute atomic E-state index is 12.7. The van der Waals surface area contributed by atoms with Gasteiger partial charge in [0.25, 0.3) is 0 Å². The van der Waals surface area contributed by atoms with Crippen LogP contribution in [0.5, 0.6) is 0 Å². The predicted octanol–water partition coefficient (Wildman–Crippen LogP) is 2.72. The van der Waals surface area contributed by atoms with Gasteiger partial charge >= 0.3 is 0 Å². The molecule has 0 atom stereocenters. The van der Waals surface area contributed by atoms with Crippen molar-refractivity contribution in [3.05, 3.63) is 11.9 Å². The number of hydrogen-bond donors (Lipinski definition) is 0. The van der Waals surface area contributed by atoms with Gasteiger partial charge in [-0.1, -0.05) is 13.8 Å². The van der Waals surface area contributed by atoms with Gasteiger partial charge in [0.2, 0.25) is 15.0 Å². The summed E-state index contributed by atoms with van der Waals surface area (Å²) >= 11 is 0. The van der Waals surface area contributed by atoms with E-state index in [9.17, 15) is 8.42 Å². The van der Waals surface area contributed by atoms with E-state index < -0.39 is 15.1 Å². The highest BCUT2D eigenvalue weighted by Gasteiger charge is 2.28. The molecule has 0 saturated carbocycles. The molecule has 0 amide bonds. The zero-order valence-electron chi connectivity index (χ0n) is 16.2. The zero-order valence-corrected chi connectivity index (χ0v) is 17.1. The molecule has 1 fully saturated rings. The summed E-state index contributed by atoms with van der Waals surface area (Å²) in [5.41, 5.74) is 0.980. The lowest BCUT2D eigenvalue weighted by molar-refractivity contribution is 0.0399. The monoisotopic (exact) mass is 371 g/mol. The second kappa shape index (κ2) is 8.64. The van der Waals surface area contributed by atoms with Gasteiger partial charge in [-0.15, -0.1) is 0 Å². The van der Waals surface area contributed by atoms with E-state index in [-0.39, 0.29) is 5.16 Å². The third-order valence-electron chi connectivity index (χ3n) is 4.93. The third kappa shape index (κ3) is 5.05. The molecule has 0 aliphatic carbocycles. The Kier molecular flexibility index (Phi) is 7.05. The van der Waals surface area contributed by atoms with Crippen LogP contribution in [-0.4, -0.2) is 54.4 Å². The molecule has 0 N–H and O–H groups in total. The van der Waals surface area contributed by atoms with Crippen LogP contribution in [0.2, 0.25) is 0 Å². The number of aromatic nitrogens is 2. The topological polar surface area (TPSA) is 64.4 Å². The van der Waals surface area contributed by atoms with E-state index in [2.05, 4.69) is 30.8 Å². The zero-order chi connectivity index (χ0) is 18.6. The van der Waals surface area contributed by atoms with Crippen molar-refractivity contribution in [3.63, 3.8) is 0 Å². The molecule has 0 spiro atoms. The van der Waals surface area contributed by atoms with Crippen LogP contribution in [0.3, 0.4) is 0 Å². The molecule has 1 aromatic rings. The molecule has 7 heteroatoms. The first kappa shape index (κ1) is 20.4. The van der Waals surface area contributed by atoms with Crippen LogP contribution in [0.15, 0.2) is 11.4 Å². The Morgan fingerprint density at radius 1 is 1.28 bits per heavy atom. The average molecular weight is 372 g/mol. The normalized spacial score (nSPS) is 17.1. The van der Waals surface area contributed by atoms with Crippen molar-refractivity contribution >= 4 is 9.84 Å². The van der Waals surface area contributed by atoms with E-state index in [0.717, 1.165) is 38.2 Å². The predicted molar refractivity (Wildman–Crippen MR) is 99.3 cm³/mol. The highest BCUT2D eigenvalue weighted by Crippen LogP contribution is 2.21. The van der Waals surface area contributed by atoms with Crippen molar-refractivity contribution in [2.45, 2.75) is 76.5 Å². The van der Waals surface area contributed by atoms with Crippen LogP contribution in [0.1, 0.15) is 52.7 Å². The number of hydrogen-bond acceptors (Lipinski definition) is 5. The number of imidazole rings is 1. The van der Waals surface area contributed by atoms with Crippen molar-refractivity contribution in [2.24, 2.45) is 5.92 Å². The van der Waals surface area contributed by atoms with Crippen LogP contribution in [0.4, 0.5) is 0 Å². The van der Waals surface area contributed by atoms with Gasteiger partial charge in [0.05, 0.1) is 17.1 Å². The first-order valence-electron chi connectivity index (χ1n) is 9.29. The highest BCUT2D eigenvalue weighted by molar-refractivity contribution is 7.91. The van der Waals surface area contributed by atoms with E-state index in [1.165, 1.54) is 0 Å². The molecule has 1 aliphatic rings. The molecule has 2 rings (SSSR count). The number of ether oxygens (including phenoxy) is 1. The molecule has 6 nitrogen and oxygen atoms in total. The summed E-state index contributed by atoms with van der Waals surface area (Å²) in [4.78, 5) is 6.61. The molecule has 144 valence electrons. The van der Waals surface area contributed by atoms with Crippen molar-refractivity contribution in [3.8, 4) is 0 Å². The van der Waals surface area contributed by atoms with Crippen LogP contribution in [-0.2, 0) is 27.7 Å². The quantitative estimate of drug-likeness (QED) is 0.703. The second-order valence-corrected chi connectivity index (χ2v) is 10.1. The summed E-state index contributed by atoms with van der Waals surface area (Å²) in [5, 5.41) is -0.243. The van der Waals surface area contributed by atoms with E-state index in [4.69, 9.17) is 4.74 Å². The maximum Gasteiger partial charge on any atom is 0.228 e. The van der Waals surface area contributed by atoms with Gasteiger partial charge in [-0.3, -0.25) is 4.90 Å². The van der Waals surface area contributed by atoms with E-state index in [1.807, 2.05) is 4.57 Å². The SMILES string of the molecule is CC(C)CCn1c(CN(C)C2CCOCC2)cnc1S(=O)(=O)C(C)C. The van der Waals surface area contributed by atoms with Gasteiger partial charge in [-0.05, 0) is 46.1 Å². The smallest absolute Gasteiger partial charge is 0.228 e. The Labute approximate surface area is 152 Å². The number of nitrogens with zero attached hydrogens (tertiary/aromatic N) is 3. The number of rotatable bonds is 8. The van der Waals surface area contributed by atoms with Crippen molar-refractivity contribution in [1.29, 1.82) is 0 Å². The molecule has 0 radical (unpaired) electrons. The van der Waals surface area contributed by atoms with Crippen LogP contribution >= 0.6 is 0 Å². The molecule has 25 heavy (non-hydrogen) atoms. The van der Waals surface area contributed by atoms with Gasteiger partial charge in [0.15, 0.2) is 0 Å². The Morgan fingerprint density at radius 2 is 1.92 bits per heavy atom. The van der Waals surface area contributed by atoms with Crippen molar-refractivity contribution in [2.75, 3.05) is 20.3 Å². The van der Waals surface area contributed by atoms with E-state index in [0.29, 0.717) is 25.0 Å². The van der Waals surface area contributed by atoms with E-state index >= 15 is 0 Å².